The first-order valence-electron chi connectivity index (χ1n) is 7.78. The largest absolute Gasteiger partial charge is 0.419 e. The molecule has 0 N–H and O–H groups in total. The third kappa shape index (κ3) is 3.16. The van der Waals surface area contributed by atoms with Gasteiger partial charge in [-0.1, -0.05) is 24.6 Å². The van der Waals surface area contributed by atoms with Crippen molar-refractivity contribution in [3.63, 3.8) is 0 Å². The molecule has 112 valence electrons. The van der Waals surface area contributed by atoms with E-state index in [0.29, 0.717) is 5.89 Å². The van der Waals surface area contributed by atoms with Gasteiger partial charge in [0.2, 0.25) is 11.8 Å². The first-order chi connectivity index (χ1) is 10.1. The van der Waals surface area contributed by atoms with E-state index >= 15 is 0 Å². The molecule has 1 aromatic heterocycles. The van der Waals surface area contributed by atoms with Crippen molar-refractivity contribution in [3.05, 3.63) is 35.7 Å². The average molecular weight is 285 g/mol. The summed E-state index contributed by atoms with van der Waals surface area (Å²) in [5.41, 5.74) is 2.19. The van der Waals surface area contributed by atoms with Crippen LogP contribution in [0, 0.1) is 12.8 Å². The average Bonchev–Trinajstić information content (AvgIpc) is 2.96. The second-order valence-electron chi connectivity index (χ2n) is 6.23. The van der Waals surface area contributed by atoms with E-state index < -0.39 is 0 Å². The fourth-order valence-electron chi connectivity index (χ4n) is 3.03. The molecule has 0 spiro atoms. The fraction of sp³-hybridized carbons (Fsp3) is 0.529. The van der Waals surface area contributed by atoms with Crippen LogP contribution in [0.1, 0.15) is 44.2 Å². The summed E-state index contributed by atoms with van der Waals surface area (Å²) in [4.78, 5) is 2.45. The zero-order chi connectivity index (χ0) is 14.8. The highest BCUT2D eigenvalue weighted by Crippen LogP contribution is 2.27. The van der Waals surface area contributed by atoms with Crippen LogP contribution < -0.4 is 0 Å². The van der Waals surface area contributed by atoms with Crippen LogP contribution in [0.4, 0.5) is 0 Å². The number of likely N-dealkylation sites (tertiary alicyclic amines) is 1. The third-order valence-electron chi connectivity index (χ3n) is 4.30. The monoisotopic (exact) mass is 285 g/mol. The minimum Gasteiger partial charge on any atom is -0.419 e. The van der Waals surface area contributed by atoms with Gasteiger partial charge in [-0.2, -0.15) is 0 Å². The van der Waals surface area contributed by atoms with E-state index in [1.54, 1.807) is 0 Å². The lowest BCUT2D eigenvalue weighted by Gasteiger charge is -2.33. The Balaban J connectivity index is 1.78. The number of aromatic nitrogens is 2. The summed E-state index contributed by atoms with van der Waals surface area (Å²) in [5.74, 6) is 2.09. The fourth-order valence-corrected chi connectivity index (χ4v) is 3.03. The second-order valence-corrected chi connectivity index (χ2v) is 6.23. The topological polar surface area (TPSA) is 42.2 Å². The summed E-state index contributed by atoms with van der Waals surface area (Å²) in [6.45, 7) is 8.77. The maximum atomic E-state index is 5.91. The zero-order valence-electron chi connectivity index (χ0n) is 13.0. The van der Waals surface area contributed by atoms with E-state index in [0.717, 1.165) is 30.5 Å². The maximum Gasteiger partial charge on any atom is 0.247 e. The molecule has 4 nitrogen and oxygen atoms in total. The van der Waals surface area contributed by atoms with E-state index in [2.05, 4.69) is 48.0 Å². The molecule has 1 saturated heterocycles. The van der Waals surface area contributed by atoms with E-state index in [-0.39, 0.29) is 6.04 Å². The van der Waals surface area contributed by atoms with Gasteiger partial charge in [-0.15, -0.1) is 10.2 Å². The lowest BCUT2D eigenvalue weighted by Crippen LogP contribution is -2.36. The van der Waals surface area contributed by atoms with E-state index in [1.165, 1.54) is 18.4 Å². The van der Waals surface area contributed by atoms with Crippen molar-refractivity contribution in [2.45, 2.75) is 39.7 Å². The summed E-state index contributed by atoms with van der Waals surface area (Å²) in [5, 5.41) is 8.48. The predicted octanol–water partition coefficient (Wildman–Crippen LogP) is 3.84. The zero-order valence-corrected chi connectivity index (χ0v) is 13.0. The van der Waals surface area contributed by atoms with Crippen LogP contribution in [0.15, 0.2) is 28.7 Å². The summed E-state index contributed by atoms with van der Waals surface area (Å²) in [6, 6.07) is 8.37. The Kier molecular flexibility index (Phi) is 4.06. The summed E-state index contributed by atoms with van der Waals surface area (Å²) in [7, 11) is 0. The molecule has 0 saturated carbocycles. The van der Waals surface area contributed by atoms with Gasteiger partial charge in [0.05, 0.1) is 6.04 Å². The van der Waals surface area contributed by atoms with Crippen molar-refractivity contribution in [2.24, 2.45) is 5.92 Å². The molecular weight excluding hydrogens is 262 g/mol. The Morgan fingerprint density at radius 3 is 2.95 bits per heavy atom. The molecule has 1 fully saturated rings. The van der Waals surface area contributed by atoms with Gasteiger partial charge >= 0.3 is 0 Å². The maximum absolute atomic E-state index is 5.91. The molecule has 0 bridgehead atoms. The van der Waals surface area contributed by atoms with Gasteiger partial charge in [-0.05, 0) is 51.3 Å². The molecule has 4 heteroatoms. The molecule has 0 radical (unpaired) electrons. The molecule has 0 aliphatic carbocycles. The van der Waals surface area contributed by atoms with Crippen molar-refractivity contribution in [3.8, 4) is 11.5 Å². The molecule has 21 heavy (non-hydrogen) atoms. The summed E-state index contributed by atoms with van der Waals surface area (Å²) in [6.07, 6.45) is 2.58. The third-order valence-corrected chi connectivity index (χ3v) is 4.30. The Labute approximate surface area is 126 Å². The molecule has 1 aliphatic heterocycles. The Morgan fingerprint density at radius 1 is 1.33 bits per heavy atom. The number of nitrogens with zero attached hydrogens (tertiary/aromatic N) is 3. The summed E-state index contributed by atoms with van der Waals surface area (Å²) < 4.78 is 5.91. The number of aryl methyl sites for hydroxylation is 1. The number of benzene rings is 1. The Morgan fingerprint density at radius 2 is 2.19 bits per heavy atom. The predicted molar refractivity (Wildman–Crippen MR) is 82.9 cm³/mol. The first kappa shape index (κ1) is 14.3. The van der Waals surface area contributed by atoms with Gasteiger partial charge in [-0.3, -0.25) is 4.90 Å². The molecule has 0 amide bonds. The number of rotatable bonds is 3. The van der Waals surface area contributed by atoms with Crippen molar-refractivity contribution < 1.29 is 4.42 Å². The summed E-state index contributed by atoms with van der Waals surface area (Å²) >= 11 is 0. The van der Waals surface area contributed by atoms with Crippen LogP contribution in [-0.2, 0) is 0 Å². The molecule has 1 aliphatic rings. The van der Waals surface area contributed by atoms with Crippen LogP contribution in [0.25, 0.3) is 11.5 Å². The van der Waals surface area contributed by atoms with Crippen molar-refractivity contribution in [1.82, 2.24) is 15.1 Å². The SMILES string of the molecule is Cc1cccc(-c2nnc([C@H](C)N3CCC[C@H](C)C3)o2)c1. The van der Waals surface area contributed by atoms with E-state index in [9.17, 15) is 0 Å². The van der Waals surface area contributed by atoms with Crippen LogP contribution in [-0.4, -0.2) is 28.2 Å². The van der Waals surface area contributed by atoms with Gasteiger partial charge in [-0.25, -0.2) is 0 Å². The van der Waals surface area contributed by atoms with Gasteiger partial charge in [0.25, 0.3) is 0 Å². The second kappa shape index (κ2) is 5.98. The molecule has 1 aromatic carbocycles. The highest BCUT2D eigenvalue weighted by molar-refractivity contribution is 5.53. The van der Waals surface area contributed by atoms with Crippen molar-refractivity contribution >= 4 is 0 Å². The molecule has 2 aromatic rings. The van der Waals surface area contributed by atoms with Crippen LogP contribution in [0.5, 0.6) is 0 Å². The molecule has 0 unspecified atom stereocenters. The quantitative estimate of drug-likeness (QED) is 0.859. The van der Waals surface area contributed by atoms with Gasteiger partial charge < -0.3 is 4.42 Å². The van der Waals surface area contributed by atoms with E-state index in [1.807, 2.05) is 12.1 Å². The van der Waals surface area contributed by atoms with Crippen LogP contribution in [0.3, 0.4) is 0 Å². The van der Waals surface area contributed by atoms with Crippen molar-refractivity contribution in [1.29, 1.82) is 0 Å². The van der Waals surface area contributed by atoms with Gasteiger partial charge in [0.1, 0.15) is 0 Å². The standard InChI is InChI=1S/C17H23N3O/c1-12-6-4-8-15(10-12)17-19-18-16(21-17)14(3)20-9-5-7-13(2)11-20/h4,6,8,10,13-14H,5,7,9,11H2,1-3H3/t13-,14-/m0/s1. The number of hydrogen-bond donors (Lipinski definition) is 0. The minimum atomic E-state index is 0.193. The number of hydrogen-bond acceptors (Lipinski definition) is 4. The highest BCUT2D eigenvalue weighted by atomic mass is 16.4. The van der Waals surface area contributed by atoms with Crippen LogP contribution in [0.2, 0.25) is 0 Å². The van der Waals surface area contributed by atoms with E-state index in [4.69, 9.17) is 4.42 Å². The normalized spacial score (nSPS) is 21.4. The minimum absolute atomic E-state index is 0.193. The van der Waals surface area contributed by atoms with Crippen molar-refractivity contribution in [2.75, 3.05) is 13.1 Å². The van der Waals surface area contributed by atoms with Gasteiger partial charge in [0.15, 0.2) is 0 Å². The molecular formula is C17H23N3O. The number of piperidine rings is 1. The van der Waals surface area contributed by atoms with Crippen LogP contribution >= 0.6 is 0 Å². The Bertz CT molecular complexity index is 608. The molecule has 3 rings (SSSR count). The highest BCUT2D eigenvalue weighted by Gasteiger charge is 2.25. The Hall–Kier alpha value is -1.68. The smallest absolute Gasteiger partial charge is 0.247 e. The lowest BCUT2D eigenvalue weighted by atomic mass is 9.99. The van der Waals surface area contributed by atoms with Gasteiger partial charge in [0, 0.05) is 12.1 Å². The molecule has 2 atom stereocenters. The lowest BCUT2D eigenvalue weighted by molar-refractivity contribution is 0.122. The molecule has 2 heterocycles. The first-order valence-corrected chi connectivity index (χ1v) is 7.78.